The Bertz CT molecular complexity index is 777. The highest BCUT2D eigenvalue weighted by Crippen LogP contribution is 2.32. The molecular weight excluding hydrogens is 412 g/mol. The Morgan fingerprint density at radius 2 is 1.81 bits per heavy atom. The number of nitrogens with one attached hydrogen (secondary N) is 2. The van der Waals surface area contributed by atoms with Crippen LogP contribution in [0.15, 0.2) is 41.4 Å². The summed E-state index contributed by atoms with van der Waals surface area (Å²) in [6.07, 6.45) is 0.664. The maximum absolute atomic E-state index is 6.42. The van der Waals surface area contributed by atoms with Crippen LogP contribution in [0.3, 0.4) is 0 Å². The number of hydrogen-bond acceptors (Lipinski definition) is 3. The van der Waals surface area contributed by atoms with Gasteiger partial charge in [0.2, 0.25) is 0 Å². The molecule has 3 nitrogen and oxygen atoms in total. The van der Waals surface area contributed by atoms with Gasteiger partial charge in [0.25, 0.3) is 0 Å². The van der Waals surface area contributed by atoms with Gasteiger partial charge in [0.1, 0.15) is 0 Å². The van der Waals surface area contributed by atoms with Crippen molar-refractivity contribution in [3.05, 3.63) is 67.6 Å². The van der Waals surface area contributed by atoms with Crippen molar-refractivity contribution in [2.75, 3.05) is 13.1 Å². The largest absolute Gasteiger partial charge is 0.355 e. The van der Waals surface area contributed by atoms with Gasteiger partial charge in [-0.3, -0.25) is 4.99 Å². The molecule has 0 saturated heterocycles. The number of benzene rings is 2. The van der Waals surface area contributed by atoms with E-state index in [2.05, 4.69) is 15.6 Å². The van der Waals surface area contributed by atoms with Gasteiger partial charge in [0, 0.05) is 6.54 Å². The topological polar surface area (TPSA) is 36.4 Å². The van der Waals surface area contributed by atoms with Gasteiger partial charge in [-0.05, 0) is 35.7 Å². The van der Waals surface area contributed by atoms with Crippen LogP contribution in [0.25, 0.3) is 0 Å². The minimum Gasteiger partial charge on any atom is -0.355 e. The van der Waals surface area contributed by atoms with Gasteiger partial charge in [-0.25, -0.2) is 0 Å². The monoisotopic (exact) mass is 431 g/mol. The highest BCUT2D eigenvalue weighted by Gasteiger charge is 2.20. The molecule has 7 heteroatoms. The van der Waals surface area contributed by atoms with Crippen molar-refractivity contribution in [3.8, 4) is 0 Å². The van der Waals surface area contributed by atoms with Crippen molar-refractivity contribution in [2.45, 2.75) is 26.3 Å². The summed E-state index contributed by atoms with van der Waals surface area (Å²) < 4.78 is 0. The molecule has 26 heavy (non-hydrogen) atoms. The van der Waals surface area contributed by atoms with Crippen LogP contribution in [-0.2, 0) is 6.42 Å². The molecule has 2 N–H and O–H groups in total. The number of aliphatic imine (C=N–C) groups is 1. The lowest BCUT2D eigenvalue weighted by molar-refractivity contribution is 0.634. The van der Waals surface area contributed by atoms with E-state index in [0.717, 1.165) is 30.2 Å². The van der Waals surface area contributed by atoms with Gasteiger partial charge in [-0.15, -0.1) is 0 Å². The van der Waals surface area contributed by atoms with E-state index in [0.29, 0.717) is 26.5 Å². The summed E-state index contributed by atoms with van der Waals surface area (Å²) in [5, 5.41) is 8.74. The molecule has 0 aliphatic carbocycles. The highest BCUT2D eigenvalue weighted by molar-refractivity contribution is 6.42. The van der Waals surface area contributed by atoms with Gasteiger partial charge in [0.15, 0.2) is 5.96 Å². The predicted molar refractivity (Wildman–Crippen MR) is 114 cm³/mol. The molecule has 1 aliphatic heterocycles. The predicted octanol–water partition coefficient (Wildman–Crippen LogP) is 6.16. The Balaban J connectivity index is 0.00000117. The second-order valence-electron chi connectivity index (χ2n) is 5.45. The van der Waals surface area contributed by atoms with Gasteiger partial charge < -0.3 is 10.6 Å². The number of halogens is 4. The first kappa shape index (κ1) is 21.2. The van der Waals surface area contributed by atoms with E-state index >= 15 is 0 Å². The average Bonchev–Trinajstić information content (AvgIpc) is 3.15. The Labute approximate surface area is 174 Å². The molecule has 2 aromatic carbocycles. The standard InChI is InChI=1S/C17H15Cl4N3.C2H6/c18-12-5-4-10(8-14(12)20)9-15(24-17-22-6-7-23-17)11-2-1-3-13(19)16(11)21;1-2/h1-5,8,15H,6-7,9H2,(H2,22,23,24);1-2H3. The molecular formula is C19H21Cl4N3. The summed E-state index contributed by atoms with van der Waals surface area (Å²) in [6.45, 7) is 5.58. The third-order valence-electron chi connectivity index (χ3n) is 3.77. The maximum atomic E-state index is 6.42. The fourth-order valence-electron chi connectivity index (χ4n) is 2.59. The zero-order valence-corrected chi connectivity index (χ0v) is 17.6. The van der Waals surface area contributed by atoms with Gasteiger partial charge in [-0.1, -0.05) is 78.5 Å². The first-order valence-corrected chi connectivity index (χ1v) is 9.98. The van der Waals surface area contributed by atoms with Crippen LogP contribution in [0.1, 0.15) is 31.0 Å². The van der Waals surface area contributed by atoms with Crippen LogP contribution in [-0.4, -0.2) is 19.0 Å². The Kier molecular flexibility index (Phi) is 8.36. The molecule has 1 aliphatic rings. The van der Waals surface area contributed by atoms with Crippen molar-refractivity contribution in [2.24, 2.45) is 4.99 Å². The Morgan fingerprint density at radius 1 is 1.04 bits per heavy atom. The summed E-state index contributed by atoms with van der Waals surface area (Å²) in [5.41, 5.74) is 1.95. The number of hydrogen-bond donors (Lipinski definition) is 2. The fourth-order valence-corrected chi connectivity index (χ4v) is 3.35. The van der Waals surface area contributed by atoms with Crippen LogP contribution in [0.2, 0.25) is 20.1 Å². The molecule has 3 rings (SSSR count). The summed E-state index contributed by atoms with van der Waals surface area (Å²) in [5.74, 6) is 0.760. The summed E-state index contributed by atoms with van der Waals surface area (Å²) in [7, 11) is 0. The minimum atomic E-state index is -0.0993. The Hall–Kier alpha value is -1.13. The van der Waals surface area contributed by atoms with E-state index in [1.807, 2.05) is 38.1 Å². The van der Waals surface area contributed by atoms with E-state index in [4.69, 9.17) is 46.4 Å². The number of nitrogens with zero attached hydrogens (tertiary/aromatic N) is 1. The van der Waals surface area contributed by atoms with Crippen LogP contribution >= 0.6 is 46.4 Å². The quantitative estimate of drug-likeness (QED) is 0.606. The van der Waals surface area contributed by atoms with Gasteiger partial charge in [0.05, 0.1) is 32.7 Å². The average molecular weight is 433 g/mol. The lowest BCUT2D eigenvalue weighted by Gasteiger charge is -2.22. The van der Waals surface area contributed by atoms with Crippen LogP contribution in [0.4, 0.5) is 0 Å². The fraction of sp³-hybridized carbons (Fsp3) is 0.316. The third-order valence-corrected chi connectivity index (χ3v) is 5.34. The van der Waals surface area contributed by atoms with Crippen molar-refractivity contribution in [1.82, 2.24) is 10.6 Å². The van der Waals surface area contributed by atoms with E-state index < -0.39 is 0 Å². The van der Waals surface area contributed by atoms with Crippen LogP contribution < -0.4 is 10.6 Å². The molecule has 1 heterocycles. The second-order valence-corrected chi connectivity index (χ2v) is 7.05. The van der Waals surface area contributed by atoms with Crippen molar-refractivity contribution < 1.29 is 0 Å². The summed E-state index contributed by atoms with van der Waals surface area (Å²) in [4.78, 5) is 4.40. The first-order valence-electron chi connectivity index (χ1n) is 8.47. The molecule has 1 unspecified atom stereocenters. The van der Waals surface area contributed by atoms with Crippen molar-refractivity contribution in [1.29, 1.82) is 0 Å². The molecule has 0 amide bonds. The summed E-state index contributed by atoms with van der Waals surface area (Å²) in [6, 6.07) is 11.1. The molecule has 0 radical (unpaired) electrons. The maximum Gasteiger partial charge on any atom is 0.191 e. The van der Waals surface area contributed by atoms with E-state index in [1.54, 1.807) is 12.1 Å². The zero-order chi connectivity index (χ0) is 19.1. The zero-order valence-electron chi connectivity index (χ0n) is 14.6. The second kappa shape index (κ2) is 10.3. The molecule has 1 atom stereocenters. The van der Waals surface area contributed by atoms with E-state index in [-0.39, 0.29) is 6.04 Å². The number of rotatable bonds is 4. The van der Waals surface area contributed by atoms with Crippen molar-refractivity contribution >= 4 is 52.4 Å². The smallest absolute Gasteiger partial charge is 0.191 e. The van der Waals surface area contributed by atoms with Crippen LogP contribution in [0.5, 0.6) is 0 Å². The van der Waals surface area contributed by atoms with Crippen LogP contribution in [0, 0.1) is 0 Å². The van der Waals surface area contributed by atoms with Gasteiger partial charge >= 0.3 is 0 Å². The summed E-state index contributed by atoms with van der Waals surface area (Å²) >= 11 is 24.7. The molecule has 0 aromatic heterocycles. The molecule has 0 saturated carbocycles. The molecule has 140 valence electrons. The molecule has 0 fully saturated rings. The lowest BCUT2D eigenvalue weighted by Crippen LogP contribution is -2.37. The van der Waals surface area contributed by atoms with Crippen molar-refractivity contribution in [3.63, 3.8) is 0 Å². The lowest BCUT2D eigenvalue weighted by atomic mass is 9.99. The SMILES string of the molecule is CC.Clc1ccc(CC(NC2=NCCN2)c2cccc(Cl)c2Cl)cc1Cl. The normalized spacial score (nSPS) is 14.0. The molecule has 0 bridgehead atoms. The number of guanidine groups is 1. The first-order chi connectivity index (χ1) is 12.5. The minimum absolute atomic E-state index is 0.0993. The van der Waals surface area contributed by atoms with Gasteiger partial charge in [-0.2, -0.15) is 0 Å². The third kappa shape index (κ3) is 5.43. The van der Waals surface area contributed by atoms with E-state index in [1.165, 1.54) is 0 Å². The molecule has 2 aromatic rings. The van der Waals surface area contributed by atoms with E-state index in [9.17, 15) is 0 Å². The Morgan fingerprint density at radius 3 is 2.46 bits per heavy atom. The molecule has 0 spiro atoms. The highest BCUT2D eigenvalue weighted by atomic mass is 35.5.